The van der Waals surface area contributed by atoms with Crippen molar-refractivity contribution >= 4 is 23.0 Å². The molecule has 0 amide bonds. The first-order valence-electron chi connectivity index (χ1n) is 3.05. The zero-order chi connectivity index (χ0) is 7.40. The predicted octanol–water partition coefficient (Wildman–Crippen LogP) is -2.49. The molecule has 0 fully saturated rings. The van der Waals surface area contributed by atoms with Crippen LogP contribution in [0.5, 0.6) is 0 Å². The molecule has 0 radical (unpaired) electrons. The van der Waals surface area contributed by atoms with Crippen molar-refractivity contribution in [1.82, 2.24) is 0 Å². The molecular formula is C8H11NaO2Se. The molecule has 0 aliphatic rings. The van der Waals surface area contributed by atoms with Crippen molar-refractivity contribution in [2.24, 2.45) is 0 Å². The second-order valence-corrected chi connectivity index (χ2v) is 2.06. The fourth-order valence-corrected chi connectivity index (χ4v) is 0.770. The Kier molecular flexibility index (Phi) is 9.61. The van der Waals surface area contributed by atoms with Crippen LogP contribution in [0.4, 0.5) is 0 Å². The third-order valence-electron chi connectivity index (χ3n) is 1.20. The van der Waals surface area contributed by atoms with Crippen LogP contribution in [0.1, 0.15) is 6.99 Å². The number of carboxylic acids is 1. The molecule has 0 aliphatic carbocycles. The van der Waals surface area contributed by atoms with Gasteiger partial charge in [-0.2, -0.15) is 0 Å². The number of benzene rings is 1. The normalized spacial score (nSPS) is 7.67. The summed E-state index contributed by atoms with van der Waals surface area (Å²) >= 11 is 0. The summed E-state index contributed by atoms with van der Waals surface area (Å²) in [5.74, 6) is -0.786. The number of aliphatic carboxylic acids is 1. The van der Waals surface area contributed by atoms with Gasteiger partial charge in [-0.05, 0) is 5.56 Å². The van der Waals surface area contributed by atoms with Gasteiger partial charge in [0.1, 0.15) is 0 Å². The summed E-state index contributed by atoms with van der Waals surface area (Å²) in [6.45, 7) is 0. The minimum absolute atomic E-state index is 0. The topological polar surface area (TPSA) is 37.3 Å². The van der Waals surface area contributed by atoms with Crippen LogP contribution in [0.3, 0.4) is 0 Å². The monoisotopic (exact) mass is 242 g/mol. The number of hydrogen-bond donors (Lipinski definition) is 1. The van der Waals surface area contributed by atoms with Crippen molar-refractivity contribution in [2.75, 3.05) is 0 Å². The molecule has 0 aromatic heterocycles. The molecule has 12 heavy (non-hydrogen) atoms. The SMILES string of the molecule is O=C(O)Cc1ccccc1.[H-].[Na+].[SeH2]. The van der Waals surface area contributed by atoms with Crippen LogP contribution in [0.25, 0.3) is 0 Å². The zero-order valence-electron chi connectivity index (χ0n) is 7.95. The fraction of sp³-hybridized carbons (Fsp3) is 0.125. The van der Waals surface area contributed by atoms with Crippen LogP contribution in [-0.2, 0) is 11.2 Å². The summed E-state index contributed by atoms with van der Waals surface area (Å²) in [4.78, 5) is 10.2. The van der Waals surface area contributed by atoms with Crippen molar-refractivity contribution in [3.05, 3.63) is 35.9 Å². The second kappa shape index (κ2) is 7.84. The van der Waals surface area contributed by atoms with Crippen LogP contribution in [-0.4, -0.2) is 28.1 Å². The summed E-state index contributed by atoms with van der Waals surface area (Å²) in [6, 6.07) is 9.13. The van der Waals surface area contributed by atoms with Gasteiger partial charge in [0.2, 0.25) is 0 Å². The van der Waals surface area contributed by atoms with E-state index in [1.54, 1.807) is 12.1 Å². The molecule has 2 nitrogen and oxygen atoms in total. The summed E-state index contributed by atoms with van der Waals surface area (Å²) in [5, 5.41) is 8.37. The fourth-order valence-electron chi connectivity index (χ4n) is 0.770. The Morgan fingerprint density at radius 1 is 1.33 bits per heavy atom. The quantitative estimate of drug-likeness (QED) is 0.582. The summed E-state index contributed by atoms with van der Waals surface area (Å²) < 4.78 is 0. The maximum absolute atomic E-state index is 10.2. The third-order valence-corrected chi connectivity index (χ3v) is 1.20. The van der Waals surface area contributed by atoms with Crippen LogP contribution >= 0.6 is 0 Å². The average molecular weight is 241 g/mol. The van der Waals surface area contributed by atoms with E-state index in [0.29, 0.717) is 0 Å². The second-order valence-electron chi connectivity index (χ2n) is 2.06. The van der Waals surface area contributed by atoms with Crippen molar-refractivity contribution in [2.45, 2.75) is 6.42 Å². The molecular weight excluding hydrogens is 230 g/mol. The summed E-state index contributed by atoms with van der Waals surface area (Å²) in [7, 11) is 0. The van der Waals surface area contributed by atoms with E-state index in [9.17, 15) is 4.79 Å². The van der Waals surface area contributed by atoms with Gasteiger partial charge in [-0.25, -0.2) is 0 Å². The van der Waals surface area contributed by atoms with Gasteiger partial charge in [-0.3, -0.25) is 4.79 Å². The molecule has 1 aromatic rings. The maximum atomic E-state index is 10.2. The molecule has 0 aliphatic heterocycles. The molecule has 0 spiro atoms. The van der Waals surface area contributed by atoms with E-state index in [-0.39, 0.29) is 54.5 Å². The van der Waals surface area contributed by atoms with E-state index in [0.717, 1.165) is 5.56 Å². The molecule has 1 aromatic carbocycles. The van der Waals surface area contributed by atoms with Gasteiger partial charge in [0.05, 0.1) is 6.42 Å². The molecule has 1 rings (SSSR count). The summed E-state index contributed by atoms with van der Waals surface area (Å²) in [6.07, 6.45) is 0.112. The minimum atomic E-state index is -0.786. The Balaban J connectivity index is -0.000000333. The van der Waals surface area contributed by atoms with Crippen LogP contribution in [0, 0.1) is 0 Å². The van der Waals surface area contributed by atoms with E-state index < -0.39 is 5.97 Å². The van der Waals surface area contributed by atoms with Gasteiger partial charge in [-0.15, -0.1) is 0 Å². The first kappa shape index (κ1) is 14.7. The Bertz CT molecular complexity index is 231. The zero-order valence-corrected chi connectivity index (χ0v) is 11.0. The van der Waals surface area contributed by atoms with E-state index in [4.69, 9.17) is 5.11 Å². The average Bonchev–Trinajstić information content (AvgIpc) is 1.88. The Hall–Kier alpha value is 0.209. The molecule has 0 atom stereocenters. The van der Waals surface area contributed by atoms with E-state index in [2.05, 4.69) is 0 Å². The van der Waals surface area contributed by atoms with Gasteiger partial charge in [0, 0.05) is 0 Å². The molecule has 0 bridgehead atoms. The first-order chi connectivity index (χ1) is 4.79. The third kappa shape index (κ3) is 5.81. The van der Waals surface area contributed by atoms with Crippen LogP contribution in [0.15, 0.2) is 30.3 Å². The van der Waals surface area contributed by atoms with Gasteiger partial charge in [0.15, 0.2) is 0 Å². The molecule has 0 unspecified atom stereocenters. The predicted molar refractivity (Wildman–Crippen MR) is 47.4 cm³/mol. The van der Waals surface area contributed by atoms with Crippen molar-refractivity contribution in [3.63, 3.8) is 0 Å². The molecule has 62 valence electrons. The number of carboxylic acid groups (broad SMARTS) is 1. The summed E-state index contributed by atoms with van der Waals surface area (Å²) in [5.41, 5.74) is 0.843. The standard InChI is InChI=1S/C8H8O2.Na.H2Se.H/c9-8(10)6-7-4-2-1-3-5-7;;;/h1-5H,6H2,(H,9,10);;1H2;/q;+1;;-1. The van der Waals surface area contributed by atoms with Crippen LogP contribution in [0.2, 0.25) is 0 Å². The van der Waals surface area contributed by atoms with Crippen molar-refractivity contribution < 1.29 is 40.9 Å². The van der Waals surface area contributed by atoms with Gasteiger partial charge in [-0.1, -0.05) is 30.3 Å². The molecule has 1 N–H and O–H groups in total. The van der Waals surface area contributed by atoms with E-state index in [1.807, 2.05) is 18.2 Å². The van der Waals surface area contributed by atoms with Crippen LogP contribution < -0.4 is 29.6 Å². The van der Waals surface area contributed by atoms with E-state index in [1.165, 1.54) is 0 Å². The molecule has 0 saturated carbocycles. The molecule has 4 heteroatoms. The Morgan fingerprint density at radius 2 is 1.83 bits per heavy atom. The molecule has 0 heterocycles. The molecule has 0 saturated heterocycles. The van der Waals surface area contributed by atoms with Crippen molar-refractivity contribution in [3.8, 4) is 0 Å². The number of rotatable bonds is 2. The van der Waals surface area contributed by atoms with Crippen molar-refractivity contribution in [1.29, 1.82) is 0 Å². The van der Waals surface area contributed by atoms with E-state index >= 15 is 0 Å². The van der Waals surface area contributed by atoms with Gasteiger partial charge < -0.3 is 6.53 Å². The van der Waals surface area contributed by atoms with Gasteiger partial charge >= 0.3 is 52.6 Å². The number of carbonyl (C=O) groups is 1. The van der Waals surface area contributed by atoms with Gasteiger partial charge in [0.25, 0.3) is 0 Å². The Morgan fingerprint density at radius 3 is 2.25 bits per heavy atom. The Labute approximate surface area is 106 Å². The first-order valence-corrected chi connectivity index (χ1v) is 3.05. The number of hydrogen-bond acceptors (Lipinski definition) is 1.